The summed E-state index contributed by atoms with van der Waals surface area (Å²) in [4.78, 5) is 5.83. The Bertz CT molecular complexity index is 392. The Morgan fingerprint density at radius 2 is 2.33 bits per heavy atom. The van der Waals surface area contributed by atoms with Crippen molar-refractivity contribution in [1.29, 1.82) is 0 Å². The van der Waals surface area contributed by atoms with E-state index < -0.39 is 0 Å². The summed E-state index contributed by atoms with van der Waals surface area (Å²) in [7, 11) is 0. The number of nitrogens with one attached hydrogen (secondary N) is 1. The summed E-state index contributed by atoms with van der Waals surface area (Å²) < 4.78 is 0. The van der Waals surface area contributed by atoms with E-state index in [1.54, 1.807) is 0 Å². The molecule has 4 heteroatoms. The third-order valence-corrected chi connectivity index (χ3v) is 3.25. The van der Waals surface area contributed by atoms with Crippen molar-refractivity contribution in [2.75, 3.05) is 0 Å². The molecule has 0 unspecified atom stereocenters. The van der Waals surface area contributed by atoms with Crippen molar-refractivity contribution >= 4 is 11.3 Å². The lowest BCUT2D eigenvalue weighted by atomic mass is 10.2. The van der Waals surface area contributed by atoms with Crippen molar-refractivity contribution in [2.45, 2.75) is 32.6 Å². The molecule has 2 rings (SSSR count). The highest BCUT2D eigenvalue weighted by molar-refractivity contribution is 7.09. The van der Waals surface area contributed by atoms with Crippen LogP contribution in [0.1, 0.15) is 29.9 Å². The summed E-state index contributed by atoms with van der Waals surface area (Å²) in [6.45, 7) is 2.07. The number of nitrogens with zero attached hydrogens (tertiary/aromatic N) is 2. The van der Waals surface area contributed by atoms with E-state index in [1.165, 1.54) is 4.88 Å². The fraction of sp³-hybridized carbons (Fsp3) is 0.455. The van der Waals surface area contributed by atoms with E-state index in [4.69, 9.17) is 0 Å². The van der Waals surface area contributed by atoms with Crippen LogP contribution in [0.2, 0.25) is 0 Å². The molecule has 2 aromatic heterocycles. The Balaban J connectivity index is 1.78. The first-order valence-electron chi connectivity index (χ1n) is 5.31. The maximum atomic E-state index is 4.38. The minimum atomic E-state index is 0.904. The second-order valence-corrected chi connectivity index (χ2v) is 4.52. The lowest BCUT2D eigenvalue weighted by Crippen LogP contribution is -1.91. The van der Waals surface area contributed by atoms with Crippen LogP contribution in [0.25, 0.3) is 0 Å². The summed E-state index contributed by atoms with van der Waals surface area (Å²) in [6.07, 6.45) is 4.17. The number of aromatic amines is 1. The molecule has 0 aliphatic carbocycles. The summed E-state index contributed by atoms with van der Waals surface area (Å²) in [5.41, 5.74) is 0. The second kappa shape index (κ2) is 5.07. The van der Waals surface area contributed by atoms with Crippen LogP contribution in [0.4, 0.5) is 0 Å². The van der Waals surface area contributed by atoms with E-state index in [0.29, 0.717) is 0 Å². The van der Waals surface area contributed by atoms with Crippen LogP contribution in [-0.4, -0.2) is 15.2 Å². The van der Waals surface area contributed by atoms with Crippen molar-refractivity contribution in [3.8, 4) is 0 Å². The van der Waals surface area contributed by atoms with Gasteiger partial charge in [0.25, 0.3) is 0 Å². The van der Waals surface area contributed by atoms with Crippen LogP contribution in [0.15, 0.2) is 17.5 Å². The number of aryl methyl sites for hydroxylation is 3. The van der Waals surface area contributed by atoms with Gasteiger partial charge in [-0.25, -0.2) is 4.98 Å². The van der Waals surface area contributed by atoms with Crippen LogP contribution in [0, 0.1) is 0 Å². The molecule has 0 fully saturated rings. The van der Waals surface area contributed by atoms with Gasteiger partial charge in [0.05, 0.1) is 0 Å². The molecule has 0 atom stereocenters. The van der Waals surface area contributed by atoms with Gasteiger partial charge in [-0.1, -0.05) is 13.0 Å². The Morgan fingerprint density at radius 1 is 1.40 bits per heavy atom. The van der Waals surface area contributed by atoms with Crippen LogP contribution in [-0.2, 0) is 19.3 Å². The SMILES string of the molecule is CCc1n[nH]c(CCCc2cccs2)n1. The largest absolute Gasteiger partial charge is 0.263 e. The van der Waals surface area contributed by atoms with Gasteiger partial charge in [-0.05, 0) is 24.3 Å². The zero-order valence-electron chi connectivity index (χ0n) is 8.86. The average Bonchev–Trinajstić information content (AvgIpc) is 2.88. The third-order valence-electron chi connectivity index (χ3n) is 2.31. The number of thiophene rings is 1. The van der Waals surface area contributed by atoms with Gasteiger partial charge in [0.1, 0.15) is 11.6 Å². The van der Waals surface area contributed by atoms with Gasteiger partial charge in [-0.2, -0.15) is 5.10 Å². The van der Waals surface area contributed by atoms with Crippen molar-refractivity contribution in [3.63, 3.8) is 0 Å². The topological polar surface area (TPSA) is 41.6 Å². The molecule has 2 heterocycles. The third kappa shape index (κ3) is 2.89. The summed E-state index contributed by atoms with van der Waals surface area (Å²) in [5.74, 6) is 1.93. The molecule has 0 spiro atoms. The van der Waals surface area contributed by atoms with Crippen molar-refractivity contribution in [3.05, 3.63) is 34.0 Å². The van der Waals surface area contributed by atoms with E-state index in [1.807, 2.05) is 11.3 Å². The minimum Gasteiger partial charge on any atom is -0.263 e. The Hall–Kier alpha value is -1.16. The van der Waals surface area contributed by atoms with Crippen LogP contribution < -0.4 is 0 Å². The first kappa shape index (κ1) is 10.4. The summed E-state index contributed by atoms with van der Waals surface area (Å²) in [6, 6.07) is 4.28. The van der Waals surface area contributed by atoms with E-state index in [-0.39, 0.29) is 0 Å². The van der Waals surface area contributed by atoms with E-state index in [9.17, 15) is 0 Å². The Morgan fingerprint density at radius 3 is 3.00 bits per heavy atom. The average molecular weight is 221 g/mol. The number of hydrogen-bond donors (Lipinski definition) is 1. The summed E-state index contributed by atoms with van der Waals surface area (Å²) in [5, 5.41) is 9.22. The molecule has 0 saturated heterocycles. The number of aromatic nitrogens is 3. The predicted molar refractivity (Wildman–Crippen MR) is 62.1 cm³/mol. The second-order valence-electron chi connectivity index (χ2n) is 3.48. The lowest BCUT2D eigenvalue weighted by Gasteiger charge is -1.94. The molecule has 15 heavy (non-hydrogen) atoms. The zero-order chi connectivity index (χ0) is 10.5. The standard InChI is InChI=1S/C11H15N3S/c1-2-10-12-11(14-13-10)7-3-5-9-6-4-8-15-9/h4,6,8H,2-3,5,7H2,1H3,(H,12,13,14). The smallest absolute Gasteiger partial charge is 0.150 e. The monoisotopic (exact) mass is 221 g/mol. The van der Waals surface area contributed by atoms with E-state index >= 15 is 0 Å². The van der Waals surface area contributed by atoms with E-state index in [2.05, 4.69) is 39.6 Å². The predicted octanol–water partition coefficient (Wildman–Crippen LogP) is 2.60. The highest BCUT2D eigenvalue weighted by atomic mass is 32.1. The normalized spacial score (nSPS) is 10.7. The molecule has 2 aromatic rings. The van der Waals surface area contributed by atoms with Crippen LogP contribution >= 0.6 is 11.3 Å². The molecule has 0 amide bonds. The first-order chi connectivity index (χ1) is 7.38. The highest BCUT2D eigenvalue weighted by Gasteiger charge is 2.01. The Kier molecular flexibility index (Phi) is 3.50. The molecule has 0 saturated carbocycles. The van der Waals surface area contributed by atoms with Crippen molar-refractivity contribution in [2.24, 2.45) is 0 Å². The number of rotatable bonds is 5. The summed E-state index contributed by atoms with van der Waals surface area (Å²) >= 11 is 1.82. The van der Waals surface area contributed by atoms with Gasteiger partial charge >= 0.3 is 0 Å². The van der Waals surface area contributed by atoms with Gasteiger partial charge in [0, 0.05) is 17.7 Å². The molecule has 0 aliphatic heterocycles. The molecule has 0 bridgehead atoms. The fourth-order valence-electron chi connectivity index (χ4n) is 1.49. The van der Waals surface area contributed by atoms with Gasteiger partial charge < -0.3 is 0 Å². The molecular weight excluding hydrogens is 206 g/mol. The molecule has 3 nitrogen and oxygen atoms in total. The van der Waals surface area contributed by atoms with Gasteiger partial charge in [-0.15, -0.1) is 11.3 Å². The lowest BCUT2D eigenvalue weighted by molar-refractivity contribution is 0.781. The maximum Gasteiger partial charge on any atom is 0.150 e. The van der Waals surface area contributed by atoms with Gasteiger partial charge in [0.2, 0.25) is 0 Å². The maximum absolute atomic E-state index is 4.38. The van der Waals surface area contributed by atoms with Crippen LogP contribution in [0.3, 0.4) is 0 Å². The molecule has 1 N–H and O–H groups in total. The molecular formula is C11H15N3S. The van der Waals surface area contributed by atoms with Crippen molar-refractivity contribution < 1.29 is 0 Å². The quantitative estimate of drug-likeness (QED) is 0.843. The zero-order valence-corrected chi connectivity index (χ0v) is 9.68. The minimum absolute atomic E-state index is 0.904. The van der Waals surface area contributed by atoms with Crippen molar-refractivity contribution in [1.82, 2.24) is 15.2 Å². The fourth-order valence-corrected chi connectivity index (χ4v) is 2.24. The number of H-pyrrole nitrogens is 1. The molecule has 0 aliphatic rings. The molecule has 80 valence electrons. The number of hydrogen-bond acceptors (Lipinski definition) is 3. The molecule has 0 radical (unpaired) electrons. The molecule has 0 aromatic carbocycles. The first-order valence-corrected chi connectivity index (χ1v) is 6.19. The van der Waals surface area contributed by atoms with Crippen LogP contribution in [0.5, 0.6) is 0 Å². The van der Waals surface area contributed by atoms with Gasteiger partial charge in [-0.3, -0.25) is 5.10 Å². The van der Waals surface area contributed by atoms with Gasteiger partial charge in [0.15, 0.2) is 0 Å². The Labute approximate surface area is 93.6 Å². The highest BCUT2D eigenvalue weighted by Crippen LogP contribution is 2.12. The van der Waals surface area contributed by atoms with E-state index in [0.717, 1.165) is 37.3 Å².